The molecule has 3 rings (SSSR count). The number of anilines is 1. The number of hydrogen-bond acceptors (Lipinski definition) is 6. The molecule has 0 aliphatic heterocycles. The number of rotatable bonds is 8. The second-order valence-corrected chi connectivity index (χ2v) is 7.51. The number of aryl methyl sites for hydroxylation is 1. The Labute approximate surface area is 168 Å². The van der Waals surface area contributed by atoms with Crippen LogP contribution in [0.1, 0.15) is 50.9 Å². The number of hydrogen-bond donors (Lipinski definition) is 1. The van der Waals surface area contributed by atoms with Crippen molar-refractivity contribution in [2.24, 2.45) is 0 Å². The second kappa shape index (κ2) is 9.71. The van der Waals surface area contributed by atoms with Gasteiger partial charge in [-0.05, 0) is 50.3 Å². The monoisotopic (exact) mass is 403 g/mol. The quantitative estimate of drug-likeness (QED) is 0.531. The number of fused-ring (bicyclic) bond motifs is 1. The van der Waals surface area contributed by atoms with Crippen LogP contribution in [0.5, 0.6) is 5.75 Å². The van der Waals surface area contributed by atoms with Crippen molar-refractivity contribution in [2.75, 3.05) is 32.2 Å². The first-order valence-corrected chi connectivity index (χ1v) is 10.3. The molecule has 0 saturated heterocycles. The largest absolute Gasteiger partial charge is 0.490 e. The predicted molar refractivity (Wildman–Crippen MR) is 109 cm³/mol. The number of methoxy groups -OCH3 is 1. The minimum Gasteiger partial charge on any atom is -0.490 e. The number of esters is 1. The summed E-state index contributed by atoms with van der Waals surface area (Å²) in [4.78, 5) is 26.4. The first-order chi connectivity index (χ1) is 13.7. The lowest BCUT2D eigenvalue weighted by Crippen LogP contribution is -2.17. The van der Waals surface area contributed by atoms with Crippen molar-refractivity contribution < 1.29 is 23.8 Å². The topological polar surface area (TPSA) is 73.9 Å². The number of thiophene rings is 1. The summed E-state index contributed by atoms with van der Waals surface area (Å²) in [6.45, 7) is 3.35. The lowest BCUT2D eigenvalue weighted by molar-refractivity contribution is 0.0601. The molecule has 1 amide bonds. The summed E-state index contributed by atoms with van der Waals surface area (Å²) >= 11 is 1.47. The van der Waals surface area contributed by atoms with Crippen molar-refractivity contribution in [1.29, 1.82) is 0 Å². The standard InChI is InChI=1S/C21H25NO5S/c1-3-26-12-13-27-16-10-6-4-8-14(16)19(23)22-20-18(21(24)25-2)15-9-5-7-11-17(15)28-20/h4,6,8,10H,3,5,7,9,11-13H2,1-2H3,(H,22,23). The van der Waals surface area contributed by atoms with Crippen molar-refractivity contribution >= 4 is 28.2 Å². The fourth-order valence-corrected chi connectivity index (χ4v) is 4.55. The van der Waals surface area contributed by atoms with Gasteiger partial charge in [0.1, 0.15) is 17.4 Å². The Morgan fingerprint density at radius 3 is 2.71 bits per heavy atom. The Hall–Kier alpha value is -2.38. The fraction of sp³-hybridized carbons (Fsp3) is 0.429. The van der Waals surface area contributed by atoms with Gasteiger partial charge in [0, 0.05) is 11.5 Å². The minimum atomic E-state index is -0.407. The third-order valence-electron chi connectivity index (χ3n) is 4.61. The SMILES string of the molecule is CCOCCOc1ccccc1C(=O)Nc1sc2c(c1C(=O)OC)CCCC2. The summed E-state index contributed by atoms with van der Waals surface area (Å²) in [7, 11) is 1.36. The average Bonchev–Trinajstić information content (AvgIpc) is 3.08. The van der Waals surface area contributed by atoms with Crippen molar-refractivity contribution in [2.45, 2.75) is 32.6 Å². The van der Waals surface area contributed by atoms with Crippen LogP contribution in [0, 0.1) is 0 Å². The van der Waals surface area contributed by atoms with Gasteiger partial charge in [0.25, 0.3) is 5.91 Å². The number of para-hydroxylation sites is 1. The van der Waals surface area contributed by atoms with E-state index in [-0.39, 0.29) is 5.91 Å². The summed E-state index contributed by atoms with van der Waals surface area (Å²) in [6, 6.07) is 7.06. The molecule has 0 spiro atoms. The van der Waals surface area contributed by atoms with Gasteiger partial charge in [0.2, 0.25) is 0 Å². The molecule has 6 nitrogen and oxygen atoms in total. The van der Waals surface area contributed by atoms with Gasteiger partial charge in [-0.25, -0.2) is 4.79 Å². The van der Waals surface area contributed by atoms with Crippen LogP contribution in [0.4, 0.5) is 5.00 Å². The lowest BCUT2D eigenvalue weighted by Gasteiger charge is -2.13. The van der Waals surface area contributed by atoms with E-state index in [1.54, 1.807) is 18.2 Å². The van der Waals surface area contributed by atoms with E-state index in [1.807, 2.05) is 13.0 Å². The van der Waals surface area contributed by atoms with Gasteiger partial charge in [-0.15, -0.1) is 11.3 Å². The van der Waals surface area contributed by atoms with Crippen LogP contribution in [0.3, 0.4) is 0 Å². The summed E-state index contributed by atoms with van der Waals surface area (Å²) in [5.74, 6) is -0.229. The number of ether oxygens (including phenoxy) is 3. The normalized spacial score (nSPS) is 12.9. The van der Waals surface area contributed by atoms with Gasteiger partial charge in [-0.3, -0.25) is 4.79 Å². The summed E-state index contributed by atoms with van der Waals surface area (Å²) in [5.41, 5.74) is 1.92. The number of nitrogens with one attached hydrogen (secondary N) is 1. The van der Waals surface area contributed by atoms with Gasteiger partial charge in [0.05, 0.1) is 24.8 Å². The molecule has 0 fully saturated rings. The Morgan fingerprint density at radius 2 is 1.93 bits per heavy atom. The first kappa shape index (κ1) is 20.4. The van der Waals surface area contributed by atoms with Gasteiger partial charge in [-0.1, -0.05) is 12.1 Å². The van der Waals surface area contributed by atoms with E-state index in [2.05, 4.69) is 5.32 Å². The molecule has 0 atom stereocenters. The molecule has 0 unspecified atom stereocenters. The van der Waals surface area contributed by atoms with Crippen LogP contribution in [-0.4, -0.2) is 38.8 Å². The van der Waals surface area contributed by atoms with Crippen molar-refractivity contribution in [3.63, 3.8) is 0 Å². The maximum atomic E-state index is 12.9. The van der Waals surface area contributed by atoms with Gasteiger partial charge in [0.15, 0.2) is 0 Å². The molecular weight excluding hydrogens is 378 g/mol. The second-order valence-electron chi connectivity index (χ2n) is 6.40. The Balaban J connectivity index is 1.82. The first-order valence-electron chi connectivity index (χ1n) is 9.49. The summed E-state index contributed by atoms with van der Waals surface area (Å²) in [5, 5.41) is 3.46. The van der Waals surface area contributed by atoms with Gasteiger partial charge >= 0.3 is 5.97 Å². The van der Waals surface area contributed by atoms with Crippen molar-refractivity contribution in [1.82, 2.24) is 0 Å². The maximum absolute atomic E-state index is 12.9. The molecule has 150 valence electrons. The van der Waals surface area contributed by atoms with Crippen molar-refractivity contribution in [3.8, 4) is 5.75 Å². The number of carbonyl (C=O) groups excluding carboxylic acids is 2. The van der Waals surface area contributed by atoms with E-state index in [0.29, 0.717) is 41.7 Å². The summed E-state index contributed by atoms with van der Waals surface area (Å²) in [6.07, 6.45) is 3.90. The third-order valence-corrected chi connectivity index (χ3v) is 5.82. The Morgan fingerprint density at radius 1 is 1.14 bits per heavy atom. The molecule has 1 aromatic carbocycles. The molecule has 1 aliphatic rings. The Bertz CT molecular complexity index is 845. The van der Waals surface area contributed by atoms with Gasteiger partial charge < -0.3 is 19.5 Å². The predicted octanol–water partition coefficient (Wildman–Crippen LogP) is 4.08. The van der Waals surface area contributed by atoms with Crippen LogP contribution in [0.25, 0.3) is 0 Å². The van der Waals surface area contributed by atoms with E-state index >= 15 is 0 Å². The zero-order valence-electron chi connectivity index (χ0n) is 16.2. The molecule has 1 N–H and O–H groups in total. The highest BCUT2D eigenvalue weighted by atomic mass is 32.1. The molecule has 1 aliphatic carbocycles. The number of amides is 1. The molecule has 0 radical (unpaired) electrons. The molecular formula is C21H25NO5S. The molecule has 7 heteroatoms. The molecule has 28 heavy (non-hydrogen) atoms. The highest BCUT2D eigenvalue weighted by Gasteiger charge is 2.27. The van der Waals surface area contributed by atoms with Gasteiger partial charge in [-0.2, -0.15) is 0 Å². The third kappa shape index (κ3) is 4.54. The van der Waals surface area contributed by atoms with E-state index in [0.717, 1.165) is 36.1 Å². The van der Waals surface area contributed by atoms with Crippen LogP contribution < -0.4 is 10.1 Å². The summed E-state index contributed by atoms with van der Waals surface area (Å²) < 4.78 is 15.9. The molecule has 0 saturated carbocycles. The smallest absolute Gasteiger partial charge is 0.341 e. The zero-order valence-corrected chi connectivity index (χ0v) is 17.0. The highest BCUT2D eigenvalue weighted by molar-refractivity contribution is 7.17. The highest BCUT2D eigenvalue weighted by Crippen LogP contribution is 2.39. The number of benzene rings is 1. The van der Waals surface area contributed by atoms with E-state index in [1.165, 1.54) is 18.4 Å². The van der Waals surface area contributed by atoms with E-state index in [9.17, 15) is 9.59 Å². The fourth-order valence-electron chi connectivity index (χ4n) is 3.28. The molecule has 2 aromatic rings. The van der Waals surface area contributed by atoms with Crippen LogP contribution in [-0.2, 0) is 22.3 Å². The lowest BCUT2D eigenvalue weighted by atomic mass is 9.95. The molecule has 0 bridgehead atoms. The molecule has 1 aromatic heterocycles. The van der Waals surface area contributed by atoms with Crippen LogP contribution in [0.2, 0.25) is 0 Å². The van der Waals surface area contributed by atoms with Crippen LogP contribution in [0.15, 0.2) is 24.3 Å². The Kier molecular flexibility index (Phi) is 7.06. The van der Waals surface area contributed by atoms with Crippen molar-refractivity contribution in [3.05, 3.63) is 45.8 Å². The maximum Gasteiger partial charge on any atom is 0.341 e. The molecule has 1 heterocycles. The average molecular weight is 404 g/mol. The van der Waals surface area contributed by atoms with Crippen LogP contribution >= 0.6 is 11.3 Å². The zero-order chi connectivity index (χ0) is 19.9. The van der Waals surface area contributed by atoms with E-state index < -0.39 is 5.97 Å². The van der Waals surface area contributed by atoms with E-state index in [4.69, 9.17) is 14.2 Å². The number of carbonyl (C=O) groups is 2. The minimum absolute atomic E-state index is 0.309.